The number of halogens is 1. The minimum absolute atomic E-state index is 0.00241. The van der Waals surface area contributed by atoms with Crippen molar-refractivity contribution in [2.24, 2.45) is 0 Å². The standard InChI is InChI=1S/C18H16ClN7O2S2/c19-13-3-1-12(2-4-13)11-29-18-24-23-17(30-18)22-16(28)6-5-15(27)21-14-7-9-26(25-14)10-8-20/h1-4,7,9H,5-6,10-11H2,(H,21,25,27)(H,22,23,28). The van der Waals surface area contributed by atoms with E-state index in [1.54, 1.807) is 12.3 Å². The fourth-order valence-corrected chi connectivity index (χ4v) is 4.10. The van der Waals surface area contributed by atoms with Gasteiger partial charge in [-0.05, 0) is 17.7 Å². The van der Waals surface area contributed by atoms with Crippen LogP contribution in [0.15, 0.2) is 40.9 Å². The van der Waals surface area contributed by atoms with Gasteiger partial charge < -0.3 is 10.6 Å². The van der Waals surface area contributed by atoms with E-state index < -0.39 is 0 Å². The highest BCUT2D eigenvalue weighted by atomic mass is 35.5. The third-order valence-electron chi connectivity index (χ3n) is 3.65. The molecule has 9 nitrogen and oxygen atoms in total. The molecule has 2 aromatic heterocycles. The Bertz CT molecular complexity index is 1060. The zero-order chi connectivity index (χ0) is 21.3. The van der Waals surface area contributed by atoms with Gasteiger partial charge in [-0.3, -0.25) is 14.3 Å². The summed E-state index contributed by atoms with van der Waals surface area (Å²) in [6.07, 6.45) is 1.58. The lowest BCUT2D eigenvalue weighted by atomic mass is 10.2. The van der Waals surface area contributed by atoms with Gasteiger partial charge in [0.1, 0.15) is 6.54 Å². The lowest BCUT2D eigenvalue weighted by Gasteiger charge is -2.02. The number of carbonyl (C=O) groups is 2. The van der Waals surface area contributed by atoms with Gasteiger partial charge in [0.25, 0.3) is 0 Å². The lowest BCUT2D eigenvalue weighted by molar-refractivity contribution is -0.121. The highest BCUT2D eigenvalue weighted by Gasteiger charge is 2.12. The second-order valence-electron chi connectivity index (χ2n) is 5.94. The van der Waals surface area contributed by atoms with Crippen molar-refractivity contribution >= 4 is 57.5 Å². The molecule has 0 fully saturated rings. The first-order valence-electron chi connectivity index (χ1n) is 8.72. The summed E-state index contributed by atoms with van der Waals surface area (Å²) in [6, 6.07) is 11.1. The highest BCUT2D eigenvalue weighted by molar-refractivity contribution is 8.00. The van der Waals surface area contributed by atoms with Crippen LogP contribution in [0.4, 0.5) is 10.9 Å². The Labute approximate surface area is 185 Å². The van der Waals surface area contributed by atoms with Crippen molar-refractivity contribution in [2.75, 3.05) is 10.6 Å². The van der Waals surface area contributed by atoms with Gasteiger partial charge in [0.2, 0.25) is 16.9 Å². The van der Waals surface area contributed by atoms with Gasteiger partial charge >= 0.3 is 0 Å². The topological polar surface area (TPSA) is 126 Å². The number of nitrogens with zero attached hydrogens (tertiary/aromatic N) is 5. The number of carbonyl (C=O) groups excluding carboxylic acids is 2. The quantitative estimate of drug-likeness (QED) is 0.368. The maximum Gasteiger partial charge on any atom is 0.226 e. The van der Waals surface area contributed by atoms with E-state index in [4.69, 9.17) is 16.9 Å². The number of thioether (sulfide) groups is 1. The molecule has 3 aromatic rings. The minimum atomic E-state index is -0.344. The van der Waals surface area contributed by atoms with E-state index in [2.05, 4.69) is 25.9 Å². The van der Waals surface area contributed by atoms with Crippen LogP contribution in [0.25, 0.3) is 0 Å². The summed E-state index contributed by atoms with van der Waals surface area (Å²) in [5.74, 6) is 0.376. The molecule has 2 N–H and O–H groups in total. The molecule has 0 bridgehead atoms. The van der Waals surface area contributed by atoms with E-state index in [0.29, 0.717) is 21.7 Å². The molecule has 0 aliphatic rings. The Hall–Kier alpha value is -2.94. The van der Waals surface area contributed by atoms with Crippen molar-refractivity contribution in [3.8, 4) is 6.07 Å². The van der Waals surface area contributed by atoms with Crippen LogP contribution in [0.2, 0.25) is 5.02 Å². The zero-order valence-corrected chi connectivity index (χ0v) is 17.9. The molecule has 3 rings (SSSR count). The van der Waals surface area contributed by atoms with Crippen molar-refractivity contribution in [1.82, 2.24) is 20.0 Å². The molecule has 0 unspecified atom stereocenters. The Balaban J connectivity index is 1.39. The maximum absolute atomic E-state index is 12.1. The molecule has 0 radical (unpaired) electrons. The predicted molar refractivity (Wildman–Crippen MR) is 115 cm³/mol. The molecule has 0 aliphatic carbocycles. The first-order valence-corrected chi connectivity index (χ1v) is 10.9. The van der Waals surface area contributed by atoms with Crippen LogP contribution in [-0.2, 0) is 21.9 Å². The summed E-state index contributed by atoms with van der Waals surface area (Å²) >= 11 is 8.65. The summed E-state index contributed by atoms with van der Waals surface area (Å²) < 4.78 is 2.13. The van der Waals surface area contributed by atoms with E-state index in [-0.39, 0.29) is 31.2 Å². The number of hydrogen-bond donors (Lipinski definition) is 2. The van der Waals surface area contributed by atoms with Crippen molar-refractivity contribution in [2.45, 2.75) is 29.5 Å². The molecule has 0 saturated heterocycles. The molecule has 2 heterocycles. The first-order chi connectivity index (χ1) is 14.5. The van der Waals surface area contributed by atoms with Gasteiger partial charge in [-0.15, -0.1) is 10.2 Å². The van der Waals surface area contributed by atoms with E-state index in [9.17, 15) is 9.59 Å². The molecular weight excluding hydrogens is 446 g/mol. The molecule has 12 heteroatoms. The number of amides is 2. The fraction of sp³-hybridized carbons (Fsp3) is 0.222. The zero-order valence-electron chi connectivity index (χ0n) is 15.5. The van der Waals surface area contributed by atoms with Crippen molar-refractivity contribution in [3.63, 3.8) is 0 Å². The molecule has 0 spiro atoms. The van der Waals surface area contributed by atoms with Crippen LogP contribution in [-0.4, -0.2) is 31.8 Å². The monoisotopic (exact) mass is 461 g/mol. The van der Waals surface area contributed by atoms with Gasteiger partial charge in [-0.2, -0.15) is 10.4 Å². The summed E-state index contributed by atoms with van der Waals surface area (Å²) in [5, 5.41) is 26.9. The minimum Gasteiger partial charge on any atom is -0.309 e. The Morgan fingerprint density at radius 3 is 2.60 bits per heavy atom. The number of nitrogens with one attached hydrogen (secondary N) is 2. The smallest absolute Gasteiger partial charge is 0.226 e. The Morgan fingerprint density at radius 1 is 1.13 bits per heavy atom. The molecule has 0 atom stereocenters. The van der Waals surface area contributed by atoms with Crippen molar-refractivity contribution in [3.05, 3.63) is 47.1 Å². The lowest BCUT2D eigenvalue weighted by Crippen LogP contribution is -2.17. The number of anilines is 2. The Morgan fingerprint density at radius 2 is 1.87 bits per heavy atom. The van der Waals surface area contributed by atoms with E-state index in [1.807, 2.05) is 30.3 Å². The summed E-state index contributed by atoms with van der Waals surface area (Å²) in [4.78, 5) is 24.0. The number of nitriles is 1. The van der Waals surface area contributed by atoms with Crippen LogP contribution in [0.3, 0.4) is 0 Å². The number of rotatable bonds is 9. The number of aromatic nitrogens is 4. The van der Waals surface area contributed by atoms with Crippen LogP contribution in [0, 0.1) is 11.3 Å². The maximum atomic E-state index is 12.1. The number of hydrogen-bond acceptors (Lipinski definition) is 8. The second kappa shape index (κ2) is 10.7. The SMILES string of the molecule is N#CCn1ccc(NC(=O)CCC(=O)Nc2nnc(SCc3ccc(Cl)cc3)s2)n1. The van der Waals surface area contributed by atoms with Gasteiger partial charge in [-0.1, -0.05) is 46.8 Å². The largest absolute Gasteiger partial charge is 0.309 e. The van der Waals surface area contributed by atoms with Gasteiger partial charge in [0.15, 0.2) is 10.2 Å². The van der Waals surface area contributed by atoms with Crippen LogP contribution in [0.1, 0.15) is 18.4 Å². The van der Waals surface area contributed by atoms with Crippen LogP contribution in [0.5, 0.6) is 0 Å². The van der Waals surface area contributed by atoms with E-state index in [0.717, 1.165) is 9.90 Å². The molecule has 30 heavy (non-hydrogen) atoms. The molecule has 0 aliphatic heterocycles. The molecular formula is C18H16ClN7O2S2. The summed E-state index contributed by atoms with van der Waals surface area (Å²) in [7, 11) is 0. The Kier molecular flexibility index (Phi) is 7.78. The molecule has 2 amide bonds. The van der Waals surface area contributed by atoms with E-state index in [1.165, 1.54) is 27.8 Å². The third kappa shape index (κ3) is 6.84. The van der Waals surface area contributed by atoms with Gasteiger partial charge in [0.05, 0.1) is 6.07 Å². The summed E-state index contributed by atoms with van der Waals surface area (Å²) in [5.41, 5.74) is 1.11. The first kappa shape index (κ1) is 21.8. The van der Waals surface area contributed by atoms with Crippen molar-refractivity contribution < 1.29 is 9.59 Å². The van der Waals surface area contributed by atoms with Crippen LogP contribution >= 0.6 is 34.7 Å². The molecule has 0 saturated carbocycles. The van der Waals surface area contributed by atoms with Crippen LogP contribution < -0.4 is 10.6 Å². The van der Waals surface area contributed by atoms with Crippen molar-refractivity contribution in [1.29, 1.82) is 5.26 Å². The molecule has 154 valence electrons. The predicted octanol–water partition coefficient (Wildman–Crippen LogP) is 3.56. The fourth-order valence-electron chi connectivity index (χ4n) is 2.25. The number of benzene rings is 1. The molecule has 1 aromatic carbocycles. The average Bonchev–Trinajstić information content (AvgIpc) is 3.36. The summed E-state index contributed by atoms with van der Waals surface area (Å²) in [6.45, 7) is 0.0973. The normalized spacial score (nSPS) is 10.4. The second-order valence-corrected chi connectivity index (χ2v) is 8.58. The average molecular weight is 462 g/mol. The van der Waals surface area contributed by atoms with Gasteiger partial charge in [0, 0.05) is 35.9 Å². The highest BCUT2D eigenvalue weighted by Crippen LogP contribution is 2.28. The van der Waals surface area contributed by atoms with Gasteiger partial charge in [-0.25, -0.2) is 0 Å². The third-order valence-corrected chi connectivity index (χ3v) is 5.94. The van der Waals surface area contributed by atoms with E-state index >= 15 is 0 Å².